The highest BCUT2D eigenvalue weighted by Gasteiger charge is 2.19. The van der Waals surface area contributed by atoms with E-state index < -0.39 is 0 Å². The molecule has 5 nitrogen and oxygen atoms in total. The molecular formula is C21H30N3O2+. The van der Waals surface area contributed by atoms with E-state index in [1.807, 2.05) is 52.1 Å². The van der Waals surface area contributed by atoms with Gasteiger partial charge in [0.2, 0.25) is 0 Å². The summed E-state index contributed by atoms with van der Waals surface area (Å²) < 4.78 is 0. The zero-order chi connectivity index (χ0) is 19.1. The lowest BCUT2D eigenvalue weighted by atomic mass is 10.00. The van der Waals surface area contributed by atoms with Crippen LogP contribution in [0.2, 0.25) is 0 Å². The number of nitrogens with one attached hydrogen (secondary N) is 2. The number of quaternary nitrogens is 1. The smallest absolute Gasteiger partial charge is 0.277 e. The van der Waals surface area contributed by atoms with Gasteiger partial charge in [0.05, 0.1) is 13.1 Å². The number of rotatable bonds is 8. The quantitative estimate of drug-likeness (QED) is 0.751. The normalized spacial score (nSPS) is 13.2. The highest BCUT2D eigenvalue weighted by Crippen LogP contribution is 2.23. The minimum atomic E-state index is -0.0834. The van der Waals surface area contributed by atoms with Gasteiger partial charge >= 0.3 is 0 Å². The van der Waals surface area contributed by atoms with Crippen molar-refractivity contribution in [2.45, 2.75) is 26.8 Å². The van der Waals surface area contributed by atoms with Crippen LogP contribution in [0.5, 0.6) is 0 Å². The summed E-state index contributed by atoms with van der Waals surface area (Å²) in [4.78, 5) is 27.3. The first-order valence-electron chi connectivity index (χ1n) is 9.32. The highest BCUT2D eigenvalue weighted by molar-refractivity contribution is 5.87. The first kappa shape index (κ1) is 19.9. The van der Waals surface area contributed by atoms with Crippen molar-refractivity contribution in [1.82, 2.24) is 10.2 Å². The average molecular weight is 356 g/mol. The molecule has 0 aliphatic rings. The summed E-state index contributed by atoms with van der Waals surface area (Å²) in [5.74, 6) is 0.0395. The Balaban J connectivity index is 1.95. The minimum absolute atomic E-state index is 0.0460. The van der Waals surface area contributed by atoms with E-state index in [4.69, 9.17) is 0 Å². The molecule has 2 amide bonds. The molecule has 0 saturated carbocycles. The molecule has 0 heterocycles. The Kier molecular flexibility index (Phi) is 7.16. The average Bonchev–Trinajstić information content (AvgIpc) is 2.61. The van der Waals surface area contributed by atoms with Crippen molar-refractivity contribution >= 4 is 22.6 Å². The molecule has 0 aliphatic heterocycles. The molecule has 2 aromatic rings. The van der Waals surface area contributed by atoms with Gasteiger partial charge in [0.1, 0.15) is 0 Å². The third-order valence-corrected chi connectivity index (χ3v) is 4.70. The summed E-state index contributed by atoms with van der Waals surface area (Å²) in [6, 6.07) is 14.2. The van der Waals surface area contributed by atoms with Crippen LogP contribution >= 0.6 is 0 Å². The molecule has 140 valence electrons. The standard InChI is InChI=1S/C21H29N3O2/c1-5-24(6-2)21(26)15-23(4)14-20(25)22-16(3)18-13-9-11-17-10-7-8-12-19(17)18/h7-13,16H,5-6,14-15H2,1-4H3,(H,22,25)/p+1/t16-/m1/s1. The molecule has 2 rings (SSSR count). The Labute approximate surface area is 156 Å². The fourth-order valence-corrected chi connectivity index (χ4v) is 3.28. The van der Waals surface area contributed by atoms with Crippen LogP contribution in [0.3, 0.4) is 0 Å². The Morgan fingerprint density at radius 2 is 1.69 bits per heavy atom. The Morgan fingerprint density at radius 1 is 1.04 bits per heavy atom. The summed E-state index contributed by atoms with van der Waals surface area (Å²) in [5.41, 5.74) is 1.10. The first-order chi connectivity index (χ1) is 12.5. The number of carbonyl (C=O) groups excluding carboxylic acids is 2. The molecule has 2 N–H and O–H groups in total. The van der Waals surface area contributed by atoms with E-state index in [0.717, 1.165) is 15.8 Å². The van der Waals surface area contributed by atoms with Gasteiger partial charge in [-0.1, -0.05) is 42.5 Å². The topological polar surface area (TPSA) is 53.9 Å². The predicted molar refractivity (Wildman–Crippen MR) is 105 cm³/mol. The van der Waals surface area contributed by atoms with Crippen molar-refractivity contribution in [2.75, 3.05) is 33.2 Å². The molecule has 0 fully saturated rings. The lowest BCUT2D eigenvalue weighted by Gasteiger charge is -2.22. The van der Waals surface area contributed by atoms with E-state index in [1.165, 1.54) is 5.39 Å². The van der Waals surface area contributed by atoms with Crippen molar-refractivity contribution in [1.29, 1.82) is 0 Å². The Bertz CT molecular complexity index is 751. The third-order valence-electron chi connectivity index (χ3n) is 4.70. The van der Waals surface area contributed by atoms with Crippen LogP contribution in [-0.4, -0.2) is 49.9 Å². The summed E-state index contributed by atoms with van der Waals surface area (Å²) in [6.45, 7) is 7.94. The van der Waals surface area contributed by atoms with E-state index in [1.54, 1.807) is 4.90 Å². The number of hydrogen-bond donors (Lipinski definition) is 2. The summed E-state index contributed by atoms with van der Waals surface area (Å²) in [7, 11) is 1.88. The zero-order valence-corrected chi connectivity index (χ0v) is 16.2. The number of likely N-dealkylation sites (N-methyl/N-ethyl adjacent to an activating group) is 2. The molecular weight excluding hydrogens is 326 g/mol. The number of amides is 2. The number of carbonyl (C=O) groups is 2. The molecule has 5 heteroatoms. The van der Waals surface area contributed by atoms with Gasteiger partial charge < -0.3 is 15.1 Å². The van der Waals surface area contributed by atoms with Gasteiger partial charge in [-0.05, 0) is 37.1 Å². The summed E-state index contributed by atoms with van der Waals surface area (Å²) in [6.07, 6.45) is 0. The molecule has 1 unspecified atom stereocenters. The van der Waals surface area contributed by atoms with Gasteiger partial charge in [-0.3, -0.25) is 9.59 Å². The Hall–Kier alpha value is -2.40. The second-order valence-corrected chi connectivity index (χ2v) is 6.73. The molecule has 0 aliphatic carbocycles. The van der Waals surface area contributed by atoms with E-state index >= 15 is 0 Å². The second kappa shape index (κ2) is 9.34. The predicted octanol–water partition coefficient (Wildman–Crippen LogP) is 1.40. The zero-order valence-electron chi connectivity index (χ0n) is 16.2. The van der Waals surface area contributed by atoms with Crippen LogP contribution in [0.1, 0.15) is 32.4 Å². The van der Waals surface area contributed by atoms with Crippen LogP contribution in [0.15, 0.2) is 42.5 Å². The monoisotopic (exact) mass is 356 g/mol. The lowest BCUT2D eigenvalue weighted by molar-refractivity contribution is -0.863. The molecule has 2 atom stereocenters. The summed E-state index contributed by atoms with van der Waals surface area (Å²) >= 11 is 0. The van der Waals surface area contributed by atoms with Gasteiger partial charge in [-0.2, -0.15) is 0 Å². The molecule has 0 spiro atoms. The van der Waals surface area contributed by atoms with E-state index in [0.29, 0.717) is 19.6 Å². The summed E-state index contributed by atoms with van der Waals surface area (Å²) in [5, 5.41) is 5.38. The minimum Gasteiger partial charge on any atom is -0.345 e. The fourth-order valence-electron chi connectivity index (χ4n) is 3.28. The van der Waals surface area contributed by atoms with Crippen molar-refractivity contribution in [3.8, 4) is 0 Å². The van der Waals surface area contributed by atoms with Crippen LogP contribution in [-0.2, 0) is 9.59 Å². The molecule has 0 aromatic heterocycles. The number of hydrogen-bond acceptors (Lipinski definition) is 2. The fraction of sp³-hybridized carbons (Fsp3) is 0.429. The SMILES string of the molecule is CCN(CC)C(=O)C[NH+](C)CC(=O)N[C@H](C)c1cccc2ccccc12. The van der Waals surface area contributed by atoms with Crippen LogP contribution in [0, 0.1) is 0 Å². The second-order valence-electron chi connectivity index (χ2n) is 6.73. The maximum Gasteiger partial charge on any atom is 0.277 e. The molecule has 0 saturated heterocycles. The van der Waals surface area contributed by atoms with Gasteiger partial charge in [-0.25, -0.2) is 0 Å². The molecule has 2 aromatic carbocycles. The third kappa shape index (κ3) is 5.05. The van der Waals surface area contributed by atoms with Crippen molar-refractivity contribution in [3.63, 3.8) is 0 Å². The number of benzene rings is 2. The molecule has 26 heavy (non-hydrogen) atoms. The van der Waals surface area contributed by atoms with Gasteiger partial charge in [-0.15, -0.1) is 0 Å². The first-order valence-corrected chi connectivity index (χ1v) is 9.32. The maximum atomic E-state index is 12.4. The number of fused-ring (bicyclic) bond motifs is 1. The molecule has 0 bridgehead atoms. The largest absolute Gasteiger partial charge is 0.345 e. The number of nitrogens with zero attached hydrogens (tertiary/aromatic N) is 1. The van der Waals surface area contributed by atoms with Crippen LogP contribution < -0.4 is 10.2 Å². The van der Waals surface area contributed by atoms with Gasteiger partial charge in [0, 0.05) is 13.1 Å². The van der Waals surface area contributed by atoms with E-state index in [9.17, 15) is 9.59 Å². The van der Waals surface area contributed by atoms with Gasteiger partial charge in [0.25, 0.3) is 11.8 Å². The van der Waals surface area contributed by atoms with Crippen LogP contribution in [0.25, 0.3) is 10.8 Å². The van der Waals surface area contributed by atoms with Crippen molar-refractivity contribution in [3.05, 3.63) is 48.0 Å². The Morgan fingerprint density at radius 3 is 2.38 bits per heavy atom. The van der Waals surface area contributed by atoms with Crippen molar-refractivity contribution in [2.24, 2.45) is 0 Å². The van der Waals surface area contributed by atoms with Gasteiger partial charge in [0.15, 0.2) is 13.1 Å². The molecule has 0 radical (unpaired) electrons. The van der Waals surface area contributed by atoms with E-state index in [2.05, 4.69) is 23.5 Å². The van der Waals surface area contributed by atoms with E-state index in [-0.39, 0.29) is 24.4 Å². The van der Waals surface area contributed by atoms with Crippen LogP contribution in [0.4, 0.5) is 0 Å². The lowest BCUT2D eigenvalue weighted by Crippen LogP contribution is -3.11. The highest BCUT2D eigenvalue weighted by atomic mass is 16.2. The van der Waals surface area contributed by atoms with Crippen molar-refractivity contribution < 1.29 is 14.5 Å². The maximum absolute atomic E-state index is 12.4.